The van der Waals surface area contributed by atoms with Crippen molar-refractivity contribution in [2.24, 2.45) is 0 Å². The molecule has 1 aromatic rings. The van der Waals surface area contributed by atoms with Crippen LogP contribution < -0.4 is 0 Å². The first-order chi connectivity index (χ1) is 14.1. The lowest BCUT2D eigenvalue weighted by atomic mass is 9.97. The van der Waals surface area contributed by atoms with Crippen LogP contribution in [0, 0.1) is 0 Å². The van der Waals surface area contributed by atoms with Gasteiger partial charge in [0.05, 0.1) is 21.1 Å². The number of benzene rings is 1. The molecule has 1 atom stereocenters. The third kappa shape index (κ3) is 13.9. The maximum absolute atomic E-state index is 2.34. The summed E-state index contributed by atoms with van der Waals surface area (Å²) in [5, 5.41) is 0. The van der Waals surface area contributed by atoms with Gasteiger partial charge < -0.3 is 4.48 Å². The molecule has 1 rings (SSSR count). The van der Waals surface area contributed by atoms with Crippen molar-refractivity contribution in [3.05, 3.63) is 35.9 Å². The molecule has 0 N–H and O–H groups in total. The molecule has 0 amide bonds. The summed E-state index contributed by atoms with van der Waals surface area (Å²) in [4.78, 5) is 0. The van der Waals surface area contributed by atoms with Gasteiger partial charge in [-0.1, -0.05) is 134 Å². The van der Waals surface area contributed by atoms with Gasteiger partial charge >= 0.3 is 0 Å². The van der Waals surface area contributed by atoms with Crippen molar-refractivity contribution < 1.29 is 4.48 Å². The van der Waals surface area contributed by atoms with Crippen LogP contribution in [0.15, 0.2) is 30.3 Å². The van der Waals surface area contributed by atoms with Gasteiger partial charge in [-0.25, -0.2) is 0 Å². The maximum Gasteiger partial charge on any atom is 0.114 e. The first-order valence-corrected chi connectivity index (χ1v) is 12.9. The van der Waals surface area contributed by atoms with Gasteiger partial charge in [0.15, 0.2) is 0 Å². The fourth-order valence-electron chi connectivity index (χ4n) is 4.56. The van der Waals surface area contributed by atoms with E-state index in [1.807, 2.05) is 0 Å². The standard InChI is InChI=1S/C28H52N/c1-5-6-7-8-9-10-11-12-13-14-15-16-17-18-19-23-26-28(29(2,3)4)27-24-21-20-22-25-27/h20-22,24-25,28H,5-19,23,26H2,1-4H3/q+1. The van der Waals surface area contributed by atoms with Crippen LogP contribution in [0.4, 0.5) is 0 Å². The number of rotatable bonds is 19. The van der Waals surface area contributed by atoms with E-state index in [1.54, 1.807) is 0 Å². The Morgan fingerprint density at radius 2 is 0.931 bits per heavy atom. The van der Waals surface area contributed by atoms with Gasteiger partial charge in [0, 0.05) is 12.0 Å². The molecule has 29 heavy (non-hydrogen) atoms. The largest absolute Gasteiger partial charge is 0.325 e. The molecule has 0 saturated heterocycles. The van der Waals surface area contributed by atoms with Crippen molar-refractivity contribution in [2.45, 2.75) is 122 Å². The zero-order valence-electron chi connectivity index (χ0n) is 20.4. The quantitative estimate of drug-likeness (QED) is 0.160. The molecule has 0 aromatic heterocycles. The van der Waals surface area contributed by atoms with E-state index in [0.29, 0.717) is 6.04 Å². The molecule has 1 heteroatoms. The Balaban J connectivity index is 1.94. The molecule has 0 radical (unpaired) electrons. The van der Waals surface area contributed by atoms with Gasteiger partial charge in [0.2, 0.25) is 0 Å². The van der Waals surface area contributed by atoms with E-state index in [-0.39, 0.29) is 0 Å². The number of hydrogen-bond acceptors (Lipinski definition) is 0. The molecule has 1 unspecified atom stereocenters. The predicted molar refractivity (Wildman–Crippen MR) is 131 cm³/mol. The molecular formula is C28H52N+. The molecule has 0 heterocycles. The second kappa shape index (κ2) is 16.9. The van der Waals surface area contributed by atoms with Gasteiger partial charge in [-0.15, -0.1) is 0 Å². The van der Waals surface area contributed by atoms with Crippen molar-refractivity contribution in [2.75, 3.05) is 21.1 Å². The smallest absolute Gasteiger partial charge is 0.114 e. The van der Waals surface area contributed by atoms with Crippen LogP contribution in [0.25, 0.3) is 0 Å². The minimum Gasteiger partial charge on any atom is -0.325 e. The molecule has 0 bridgehead atoms. The summed E-state index contributed by atoms with van der Waals surface area (Å²) in [6.45, 7) is 2.30. The Bertz CT molecular complexity index is 459. The summed E-state index contributed by atoms with van der Waals surface area (Å²) in [5.74, 6) is 0. The highest BCUT2D eigenvalue weighted by Gasteiger charge is 2.24. The van der Waals surface area contributed by atoms with E-state index in [1.165, 1.54) is 115 Å². The van der Waals surface area contributed by atoms with Gasteiger partial charge in [0.25, 0.3) is 0 Å². The zero-order valence-corrected chi connectivity index (χ0v) is 20.4. The van der Waals surface area contributed by atoms with E-state index >= 15 is 0 Å². The summed E-state index contributed by atoms with van der Waals surface area (Å²) >= 11 is 0. The molecule has 0 aliphatic carbocycles. The first-order valence-electron chi connectivity index (χ1n) is 12.9. The van der Waals surface area contributed by atoms with E-state index in [2.05, 4.69) is 58.4 Å². The number of quaternary nitrogens is 1. The minimum absolute atomic E-state index is 0.628. The van der Waals surface area contributed by atoms with E-state index in [9.17, 15) is 0 Å². The molecule has 0 spiro atoms. The number of unbranched alkanes of at least 4 members (excludes halogenated alkanes) is 15. The van der Waals surface area contributed by atoms with Crippen LogP contribution in [-0.2, 0) is 0 Å². The summed E-state index contributed by atoms with van der Waals surface area (Å²) in [6.07, 6.45) is 24.4. The highest BCUT2D eigenvalue weighted by Crippen LogP contribution is 2.29. The van der Waals surface area contributed by atoms with Crippen LogP contribution in [0.1, 0.15) is 128 Å². The van der Waals surface area contributed by atoms with Crippen molar-refractivity contribution >= 4 is 0 Å². The Morgan fingerprint density at radius 3 is 1.31 bits per heavy atom. The third-order valence-corrected chi connectivity index (χ3v) is 6.45. The fourth-order valence-corrected chi connectivity index (χ4v) is 4.56. The fraction of sp³-hybridized carbons (Fsp3) is 0.786. The lowest BCUT2D eigenvalue weighted by molar-refractivity contribution is -0.902. The lowest BCUT2D eigenvalue weighted by Crippen LogP contribution is -2.38. The van der Waals surface area contributed by atoms with Crippen LogP contribution in [0.2, 0.25) is 0 Å². The van der Waals surface area contributed by atoms with Crippen molar-refractivity contribution in [3.63, 3.8) is 0 Å². The molecule has 0 aliphatic heterocycles. The maximum atomic E-state index is 2.34. The molecule has 0 saturated carbocycles. The average Bonchev–Trinajstić information content (AvgIpc) is 2.70. The van der Waals surface area contributed by atoms with Crippen LogP contribution >= 0.6 is 0 Å². The van der Waals surface area contributed by atoms with Gasteiger partial charge in [-0.05, 0) is 6.42 Å². The highest BCUT2D eigenvalue weighted by atomic mass is 15.3. The van der Waals surface area contributed by atoms with Crippen molar-refractivity contribution in [1.29, 1.82) is 0 Å². The second-order valence-corrected chi connectivity index (χ2v) is 10.1. The summed E-state index contributed by atoms with van der Waals surface area (Å²) in [5.41, 5.74) is 1.50. The predicted octanol–water partition coefficient (Wildman–Crippen LogP) is 9.09. The van der Waals surface area contributed by atoms with Crippen LogP contribution in [-0.4, -0.2) is 25.6 Å². The summed E-state index contributed by atoms with van der Waals surface area (Å²) < 4.78 is 1.03. The van der Waals surface area contributed by atoms with Gasteiger partial charge in [-0.2, -0.15) is 0 Å². The van der Waals surface area contributed by atoms with Gasteiger partial charge in [0.1, 0.15) is 6.04 Å². The monoisotopic (exact) mass is 402 g/mol. The van der Waals surface area contributed by atoms with Gasteiger partial charge in [-0.3, -0.25) is 0 Å². The zero-order chi connectivity index (χ0) is 21.2. The SMILES string of the molecule is CCCCCCCCCCCCCCCCCCC(c1ccccc1)[N+](C)(C)C. The Hall–Kier alpha value is -0.820. The molecule has 1 nitrogen and oxygen atoms in total. The number of nitrogens with zero attached hydrogens (tertiary/aromatic N) is 1. The molecule has 168 valence electrons. The molecule has 1 aromatic carbocycles. The van der Waals surface area contributed by atoms with Crippen molar-refractivity contribution in [3.8, 4) is 0 Å². The third-order valence-electron chi connectivity index (χ3n) is 6.45. The van der Waals surface area contributed by atoms with Crippen LogP contribution in [0.5, 0.6) is 0 Å². The van der Waals surface area contributed by atoms with Crippen LogP contribution in [0.3, 0.4) is 0 Å². The molecule has 0 aliphatic rings. The normalized spacial score (nSPS) is 13.0. The van der Waals surface area contributed by atoms with E-state index in [0.717, 1.165) is 4.48 Å². The molecular weight excluding hydrogens is 350 g/mol. The Kier molecular flexibility index (Phi) is 15.3. The molecule has 0 fully saturated rings. The Morgan fingerprint density at radius 1 is 0.552 bits per heavy atom. The first kappa shape index (κ1) is 26.2. The highest BCUT2D eigenvalue weighted by molar-refractivity contribution is 5.17. The van der Waals surface area contributed by atoms with E-state index < -0.39 is 0 Å². The average molecular weight is 403 g/mol. The topological polar surface area (TPSA) is 0 Å². The van der Waals surface area contributed by atoms with Crippen molar-refractivity contribution in [1.82, 2.24) is 0 Å². The summed E-state index contributed by atoms with van der Waals surface area (Å²) in [6, 6.07) is 11.7. The van der Waals surface area contributed by atoms with E-state index in [4.69, 9.17) is 0 Å². The second-order valence-electron chi connectivity index (χ2n) is 10.1. The Labute approximate surface area is 183 Å². The minimum atomic E-state index is 0.628. The lowest BCUT2D eigenvalue weighted by Gasteiger charge is -2.34. The number of hydrogen-bond donors (Lipinski definition) is 0. The summed E-state index contributed by atoms with van der Waals surface area (Å²) in [7, 11) is 7.01.